The van der Waals surface area contributed by atoms with Crippen LogP contribution >= 0.6 is 23.2 Å². The lowest BCUT2D eigenvalue weighted by Crippen LogP contribution is -2.27. The zero-order valence-corrected chi connectivity index (χ0v) is 24.6. The number of ether oxygens (including phenoxy) is 1. The first kappa shape index (κ1) is 29.4. The fraction of sp³-hybridized carbons (Fsp3) is 0.167. The number of carbonyl (C=O) groups is 1. The first-order valence-electron chi connectivity index (χ1n) is 12.3. The molecule has 0 aromatic heterocycles. The Morgan fingerprint density at radius 3 is 2.08 bits per heavy atom. The third-order valence-electron chi connectivity index (χ3n) is 5.94. The van der Waals surface area contributed by atoms with Crippen molar-refractivity contribution in [2.45, 2.75) is 18.0 Å². The molecule has 0 heterocycles. The van der Waals surface area contributed by atoms with Gasteiger partial charge < -0.3 is 14.5 Å². The topological polar surface area (TPSA) is 79.0 Å². The Labute approximate surface area is 245 Å². The van der Waals surface area contributed by atoms with Crippen molar-refractivity contribution < 1.29 is 17.9 Å². The summed E-state index contributed by atoms with van der Waals surface area (Å²) in [4.78, 5) is 17.0. The van der Waals surface area contributed by atoms with Crippen LogP contribution in [0.3, 0.4) is 0 Å². The fourth-order valence-corrected chi connectivity index (χ4v) is 5.42. The second-order valence-corrected chi connectivity index (χ2v) is 12.0. The third-order valence-corrected chi connectivity index (χ3v) is 7.87. The first-order chi connectivity index (χ1) is 19.0. The van der Waals surface area contributed by atoms with Crippen molar-refractivity contribution in [3.05, 3.63) is 118 Å². The van der Waals surface area contributed by atoms with Gasteiger partial charge in [-0.3, -0.25) is 9.52 Å². The molecule has 208 valence electrons. The predicted molar refractivity (Wildman–Crippen MR) is 160 cm³/mol. The maximum absolute atomic E-state index is 13.4. The van der Waals surface area contributed by atoms with Crippen LogP contribution in [-0.2, 0) is 23.1 Å². The van der Waals surface area contributed by atoms with Crippen molar-refractivity contribution in [3.8, 4) is 11.5 Å². The molecule has 0 saturated heterocycles. The molecule has 1 N–H and O–H groups in total. The maximum Gasteiger partial charge on any atom is 0.261 e. The van der Waals surface area contributed by atoms with Crippen LogP contribution in [0.1, 0.15) is 21.5 Å². The quantitative estimate of drug-likeness (QED) is 0.215. The summed E-state index contributed by atoms with van der Waals surface area (Å²) in [7, 11) is 1.64. The lowest BCUT2D eigenvalue weighted by atomic mass is 10.1. The molecular weight excluding hydrogens is 569 g/mol. The number of benzene rings is 4. The van der Waals surface area contributed by atoms with Gasteiger partial charge in [0.1, 0.15) is 11.5 Å². The standard InChI is InChI=1S/C30H29Cl2N3O4S/c1-34(2)19-21-8-10-22(11-9-21)20-35(3)30(36)26-18-23(31)12-17-28(26)33-40(37,38)25-15-13-24(14-16-25)39-29-7-5-4-6-27(29)32/h4-18,33H,19-20H2,1-3H3. The molecule has 0 saturated carbocycles. The zero-order chi connectivity index (χ0) is 28.9. The number of nitrogens with one attached hydrogen (secondary N) is 1. The van der Waals surface area contributed by atoms with E-state index in [0.717, 1.165) is 17.7 Å². The zero-order valence-electron chi connectivity index (χ0n) is 22.3. The van der Waals surface area contributed by atoms with E-state index in [1.54, 1.807) is 31.3 Å². The monoisotopic (exact) mass is 597 g/mol. The molecular formula is C30H29Cl2N3O4S. The maximum atomic E-state index is 13.4. The van der Waals surface area contributed by atoms with Crippen molar-refractivity contribution in [1.82, 2.24) is 9.80 Å². The molecule has 7 nitrogen and oxygen atoms in total. The Balaban J connectivity index is 1.50. The summed E-state index contributed by atoms with van der Waals surface area (Å²) in [5.74, 6) is 0.502. The lowest BCUT2D eigenvalue weighted by molar-refractivity contribution is 0.0786. The van der Waals surface area contributed by atoms with Gasteiger partial charge in [-0.2, -0.15) is 0 Å². The summed E-state index contributed by atoms with van der Waals surface area (Å²) in [5.41, 5.74) is 2.37. The van der Waals surface area contributed by atoms with E-state index in [-0.39, 0.29) is 22.1 Å². The molecule has 1 amide bonds. The molecule has 10 heteroatoms. The van der Waals surface area contributed by atoms with Crippen LogP contribution in [0.5, 0.6) is 11.5 Å². The molecule has 0 aliphatic rings. The van der Waals surface area contributed by atoms with E-state index in [4.69, 9.17) is 27.9 Å². The molecule has 0 unspecified atom stereocenters. The van der Waals surface area contributed by atoms with Crippen LogP contribution in [0, 0.1) is 0 Å². The van der Waals surface area contributed by atoms with Gasteiger partial charge in [0.2, 0.25) is 0 Å². The summed E-state index contributed by atoms with van der Waals surface area (Å²) in [6.45, 7) is 1.16. The Kier molecular flexibility index (Phi) is 9.37. The number of hydrogen-bond donors (Lipinski definition) is 1. The summed E-state index contributed by atoms with van der Waals surface area (Å²) >= 11 is 12.3. The number of para-hydroxylation sites is 1. The lowest BCUT2D eigenvalue weighted by Gasteiger charge is -2.20. The van der Waals surface area contributed by atoms with Crippen molar-refractivity contribution in [3.63, 3.8) is 0 Å². The minimum absolute atomic E-state index is 0.00136. The largest absolute Gasteiger partial charge is 0.456 e. The van der Waals surface area contributed by atoms with Gasteiger partial charge in [0, 0.05) is 25.2 Å². The fourth-order valence-electron chi connectivity index (χ4n) is 3.99. The summed E-state index contributed by atoms with van der Waals surface area (Å²) in [6, 6.07) is 25.3. The second-order valence-electron chi connectivity index (χ2n) is 9.51. The van der Waals surface area contributed by atoms with E-state index >= 15 is 0 Å². The van der Waals surface area contributed by atoms with Crippen molar-refractivity contribution in [2.24, 2.45) is 0 Å². The van der Waals surface area contributed by atoms with Gasteiger partial charge in [0.15, 0.2) is 0 Å². The molecule has 0 radical (unpaired) electrons. The highest BCUT2D eigenvalue weighted by Crippen LogP contribution is 2.30. The number of sulfonamides is 1. The van der Waals surface area contributed by atoms with Crippen LogP contribution in [-0.4, -0.2) is 45.3 Å². The van der Waals surface area contributed by atoms with Crippen LogP contribution in [0.15, 0.2) is 95.9 Å². The molecule has 0 fully saturated rings. The highest BCUT2D eigenvalue weighted by molar-refractivity contribution is 7.92. The van der Waals surface area contributed by atoms with Crippen LogP contribution < -0.4 is 9.46 Å². The highest BCUT2D eigenvalue weighted by Gasteiger charge is 2.22. The summed E-state index contributed by atoms with van der Waals surface area (Å²) in [6.07, 6.45) is 0. The summed E-state index contributed by atoms with van der Waals surface area (Å²) < 4.78 is 34.7. The molecule has 4 aromatic carbocycles. The first-order valence-corrected chi connectivity index (χ1v) is 14.6. The molecule has 0 atom stereocenters. The number of rotatable bonds is 10. The van der Waals surface area contributed by atoms with E-state index in [1.807, 2.05) is 38.4 Å². The molecule has 0 spiro atoms. The Hall–Kier alpha value is -3.56. The van der Waals surface area contributed by atoms with Gasteiger partial charge in [-0.05, 0) is 79.8 Å². The summed E-state index contributed by atoms with van der Waals surface area (Å²) in [5, 5.41) is 0.751. The van der Waals surface area contributed by atoms with Crippen molar-refractivity contribution in [1.29, 1.82) is 0 Å². The van der Waals surface area contributed by atoms with Crippen LogP contribution in [0.2, 0.25) is 10.0 Å². The van der Waals surface area contributed by atoms with E-state index < -0.39 is 10.0 Å². The number of nitrogens with zero attached hydrogens (tertiary/aromatic N) is 2. The third kappa shape index (κ3) is 7.55. The number of hydrogen-bond acceptors (Lipinski definition) is 5. The number of amides is 1. The molecule has 4 rings (SSSR count). The van der Waals surface area contributed by atoms with E-state index in [2.05, 4.69) is 9.62 Å². The van der Waals surface area contributed by atoms with Gasteiger partial charge in [0.05, 0.1) is 21.2 Å². The highest BCUT2D eigenvalue weighted by atomic mass is 35.5. The van der Waals surface area contributed by atoms with Crippen LogP contribution in [0.25, 0.3) is 0 Å². The van der Waals surface area contributed by atoms with Crippen molar-refractivity contribution in [2.75, 3.05) is 25.9 Å². The average molecular weight is 599 g/mol. The van der Waals surface area contributed by atoms with E-state index in [9.17, 15) is 13.2 Å². The second kappa shape index (κ2) is 12.7. The molecule has 0 bridgehead atoms. The van der Waals surface area contributed by atoms with Gasteiger partial charge in [-0.15, -0.1) is 0 Å². The average Bonchev–Trinajstić information content (AvgIpc) is 2.91. The number of halogens is 2. The van der Waals surface area contributed by atoms with Crippen molar-refractivity contribution >= 4 is 44.8 Å². The van der Waals surface area contributed by atoms with E-state index in [1.165, 1.54) is 47.4 Å². The van der Waals surface area contributed by atoms with Crippen LogP contribution in [0.4, 0.5) is 5.69 Å². The van der Waals surface area contributed by atoms with Gasteiger partial charge >= 0.3 is 0 Å². The minimum Gasteiger partial charge on any atom is -0.456 e. The smallest absolute Gasteiger partial charge is 0.261 e. The Morgan fingerprint density at radius 1 is 0.825 bits per heavy atom. The number of anilines is 1. The molecule has 0 aliphatic carbocycles. The Bertz CT molecular complexity index is 1590. The van der Waals surface area contributed by atoms with Gasteiger partial charge in [-0.1, -0.05) is 59.6 Å². The minimum atomic E-state index is -4.03. The molecule has 40 heavy (non-hydrogen) atoms. The molecule has 0 aliphatic heterocycles. The predicted octanol–water partition coefficient (Wildman–Crippen LogP) is 6.92. The number of carbonyl (C=O) groups excluding carboxylic acids is 1. The van der Waals surface area contributed by atoms with Gasteiger partial charge in [-0.25, -0.2) is 8.42 Å². The SMILES string of the molecule is CN(C)Cc1ccc(CN(C)C(=O)c2cc(Cl)ccc2NS(=O)(=O)c2ccc(Oc3ccccc3Cl)cc2)cc1. The molecule has 4 aromatic rings. The van der Waals surface area contributed by atoms with Gasteiger partial charge in [0.25, 0.3) is 15.9 Å². The van der Waals surface area contributed by atoms with E-state index in [0.29, 0.717) is 28.1 Å². The normalized spacial score (nSPS) is 11.3. The Morgan fingerprint density at radius 2 is 1.45 bits per heavy atom.